The predicted molar refractivity (Wildman–Crippen MR) is 163 cm³/mol. The molecule has 7 nitrogen and oxygen atoms in total. The minimum absolute atomic E-state index is 0.0203. The van der Waals surface area contributed by atoms with Gasteiger partial charge in [0.25, 0.3) is 0 Å². The van der Waals surface area contributed by atoms with Crippen molar-refractivity contribution in [1.82, 2.24) is 0 Å². The van der Waals surface area contributed by atoms with Gasteiger partial charge >= 0.3 is 17.9 Å². The van der Waals surface area contributed by atoms with E-state index in [0.717, 1.165) is 51.4 Å². The number of unbranched alkanes of at least 4 members (excludes halogenated alkanes) is 16. The average Bonchev–Trinajstić information content (AvgIpc) is 2.87. The zero-order valence-electron chi connectivity index (χ0n) is 27.0. The molecular formula is C33H64O7. The molecule has 0 rings (SSSR count). The van der Waals surface area contributed by atoms with Crippen LogP contribution in [-0.4, -0.2) is 47.9 Å². The highest BCUT2D eigenvalue weighted by atomic mass is 16.6. The Hall–Kier alpha value is -1.63. The zero-order chi connectivity index (χ0) is 30.4. The third-order valence-corrected chi connectivity index (χ3v) is 6.33. The molecule has 0 aliphatic heterocycles. The summed E-state index contributed by atoms with van der Waals surface area (Å²) >= 11 is 0. The van der Waals surface area contributed by atoms with Gasteiger partial charge in [-0.2, -0.15) is 0 Å². The summed E-state index contributed by atoms with van der Waals surface area (Å²) in [5, 5.41) is 8.94. The molecule has 0 heterocycles. The molecular weight excluding hydrogens is 508 g/mol. The summed E-state index contributed by atoms with van der Waals surface area (Å²) in [6, 6.07) is 0. The van der Waals surface area contributed by atoms with Gasteiger partial charge in [0.1, 0.15) is 6.10 Å². The number of aliphatic hydroxyl groups excluding tert-OH is 1. The van der Waals surface area contributed by atoms with Crippen LogP contribution in [0.25, 0.3) is 0 Å². The van der Waals surface area contributed by atoms with Crippen molar-refractivity contribution < 1.29 is 33.7 Å². The van der Waals surface area contributed by atoms with Crippen LogP contribution in [0.3, 0.4) is 0 Å². The molecule has 0 bridgehead atoms. The molecule has 0 aromatic rings. The third-order valence-electron chi connectivity index (χ3n) is 6.33. The summed E-state index contributed by atoms with van der Waals surface area (Å²) in [7, 11) is 0. The van der Waals surface area contributed by atoms with E-state index in [0.29, 0.717) is 19.4 Å². The lowest BCUT2D eigenvalue weighted by molar-refractivity contribution is -0.152. The first-order chi connectivity index (χ1) is 19.1. The molecule has 7 heteroatoms. The second-order valence-electron chi connectivity index (χ2n) is 11.4. The molecule has 0 amide bonds. The molecule has 0 aromatic heterocycles. The molecule has 238 valence electrons. The summed E-state index contributed by atoms with van der Waals surface area (Å²) in [4.78, 5) is 33.5. The van der Waals surface area contributed by atoms with Crippen LogP contribution in [0.2, 0.25) is 0 Å². The third kappa shape index (κ3) is 34.4. The number of hydrogen-bond donors (Lipinski definition) is 1. The molecule has 0 fully saturated rings. The van der Waals surface area contributed by atoms with E-state index in [9.17, 15) is 14.4 Å². The normalized spacial score (nSPS) is 11.6. The molecule has 0 aromatic carbocycles. The van der Waals surface area contributed by atoms with Gasteiger partial charge in [0.2, 0.25) is 0 Å². The smallest absolute Gasteiger partial charge is 0.334 e. The fourth-order valence-electron chi connectivity index (χ4n) is 4.13. The van der Waals surface area contributed by atoms with Crippen LogP contribution in [0.4, 0.5) is 0 Å². The lowest BCUT2D eigenvalue weighted by atomic mass is 10.1. The van der Waals surface area contributed by atoms with E-state index in [-0.39, 0.29) is 24.1 Å². The molecule has 1 N–H and O–H groups in total. The molecule has 0 spiro atoms. The van der Waals surface area contributed by atoms with Gasteiger partial charge < -0.3 is 19.3 Å². The molecule has 0 radical (unpaired) electrons. The Morgan fingerprint density at radius 1 is 0.525 bits per heavy atom. The first-order valence-electron chi connectivity index (χ1n) is 16.3. The van der Waals surface area contributed by atoms with Gasteiger partial charge in [-0.15, -0.1) is 0 Å². The van der Waals surface area contributed by atoms with Gasteiger partial charge in [0, 0.05) is 12.8 Å². The SMILES string of the molecule is CC(C)OC(=O)CCCCCCCCC(=O)OC(C)C.CCCCCCCCCCCCCCOC(=O)C(C)O. The Labute approximate surface area is 246 Å². The molecule has 40 heavy (non-hydrogen) atoms. The van der Waals surface area contributed by atoms with E-state index in [1.165, 1.54) is 71.1 Å². The molecule has 0 aliphatic carbocycles. The van der Waals surface area contributed by atoms with E-state index in [1.807, 2.05) is 27.7 Å². The number of carbonyl (C=O) groups is 3. The largest absolute Gasteiger partial charge is 0.464 e. The van der Waals surface area contributed by atoms with Crippen LogP contribution in [0.15, 0.2) is 0 Å². The highest BCUT2D eigenvalue weighted by Gasteiger charge is 2.09. The Kier molecular flexibility index (Phi) is 30.7. The van der Waals surface area contributed by atoms with Crippen LogP contribution in [0.1, 0.15) is 170 Å². The number of esters is 3. The quantitative estimate of drug-likeness (QED) is 0.0664. The van der Waals surface area contributed by atoms with E-state index >= 15 is 0 Å². The van der Waals surface area contributed by atoms with Gasteiger partial charge in [-0.1, -0.05) is 103 Å². The fourth-order valence-corrected chi connectivity index (χ4v) is 4.13. The predicted octanol–water partition coefficient (Wildman–Crippen LogP) is 8.62. The van der Waals surface area contributed by atoms with Crippen LogP contribution in [0, 0.1) is 0 Å². The van der Waals surface area contributed by atoms with Gasteiger partial charge in [-0.25, -0.2) is 4.79 Å². The Morgan fingerprint density at radius 3 is 1.18 bits per heavy atom. The Bertz CT molecular complexity index is 559. The first kappa shape index (κ1) is 40.5. The second-order valence-corrected chi connectivity index (χ2v) is 11.4. The average molecular weight is 573 g/mol. The summed E-state index contributed by atoms with van der Waals surface area (Å²) < 4.78 is 15.0. The van der Waals surface area contributed by atoms with Crippen molar-refractivity contribution in [2.45, 2.75) is 188 Å². The maximum Gasteiger partial charge on any atom is 0.334 e. The fraction of sp³-hybridized carbons (Fsp3) is 0.909. The van der Waals surface area contributed by atoms with Gasteiger partial charge in [-0.05, 0) is 53.9 Å². The number of hydrogen-bond acceptors (Lipinski definition) is 7. The standard InChI is InChI=1S/C17H34O3.C16H30O4/c1-3-4-5-6-7-8-9-10-11-12-13-14-15-20-17(19)16(2)18;1-13(2)19-15(17)11-9-7-5-6-8-10-12-16(18)20-14(3)4/h16,18H,3-15H2,1-2H3;13-14H,5-12H2,1-4H3. The maximum atomic E-state index is 11.3. The Morgan fingerprint density at radius 2 is 0.850 bits per heavy atom. The highest BCUT2D eigenvalue weighted by molar-refractivity contribution is 5.73. The van der Waals surface area contributed by atoms with Crippen molar-refractivity contribution in [1.29, 1.82) is 0 Å². The lowest BCUT2D eigenvalue weighted by Gasteiger charge is -2.08. The Balaban J connectivity index is 0. The molecule has 0 aliphatic rings. The van der Waals surface area contributed by atoms with Crippen molar-refractivity contribution in [3.05, 3.63) is 0 Å². The summed E-state index contributed by atoms with van der Waals surface area (Å²) in [6.45, 7) is 11.6. The summed E-state index contributed by atoms with van der Waals surface area (Å²) in [6.07, 6.45) is 21.6. The van der Waals surface area contributed by atoms with E-state index in [2.05, 4.69) is 6.92 Å². The van der Waals surface area contributed by atoms with Crippen LogP contribution < -0.4 is 0 Å². The molecule has 1 atom stereocenters. The minimum Gasteiger partial charge on any atom is -0.464 e. The van der Waals surface area contributed by atoms with Crippen LogP contribution >= 0.6 is 0 Å². The summed E-state index contributed by atoms with van der Waals surface area (Å²) in [5.74, 6) is -0.707. The lowest BCUT2D eigenvalue weighted by Crippen LogP contribution is -2.19. The van der Waals surface area contributed by atoms with Crippen LogP contribution in [-0.2, 0) is 28.6 Å². The van der Waals surface area contributed by atoms with Crippen molar-refractivity contribution in [2.24, 2.45) is 0 Å². The van der Waals surface area contributed by atoms with Gasteiger partial charge in [0.05, 0.1) is 18.8 Å². The van der Waals surface area contributed by atoms with Crippen molar-refractivity contribution in [2.75, 3.05) is 6.61 Å². The van der Waals surface area contributed by atoms with E-state index < -0.39 is 12.1 Å². The van der Waals surface area contributed by atoms with Crippen molar-refractivity contribution >= 4 is 17.9 Å². The summed E-state index contributed by atoms with van der Waals surface area (Å²) in [5.41, 5.74) is 0. The molecule has 0 saturated heterocycles. The zero-order valence-corrected chi connectivity index (χ0v) is 27.0. The molecule has 0 saturated carbocycles. The van der Waals surface area contributed by atoms with Gasteiger partial charge in [-0.3, -0.25) is 9.59 Å². The minimum atomic E-state index is -0.993. The van der Waals surface area contributed by atoms with E-state index in [4.69, 9.17) is 19.3 Å². The monoisotopic (exact) mass is 572 g/mol. The van der Waals surface area contributed by atoms with Gasteiger partial charge in [0.15, 0.2) is 0 Å². The van der Waals surface area contributed by atoms with E-state index in [1.54, 1.807) is 0 Å². The number of ether oxygens (including phenoxy) is 3. The van der Waals surface area contributed by atoms with Crippen molar-refractivity contribution in [3.8, 4) is 0 Å². The van der Waals surface area contributed by atoms with Crippen molar-refractivity contribution in [3.63, 3.8) is 0 Å². The number of rotatable bonds is 25. The number of aliphatic hydroxyl groups is 1. The number of carbonyl (C=O) groups excluding carboxylic acids is 3. The topological polar surface area (TPSA) is 99.1 Å². The maximum absolute atomic E-state index is 11.3. The second kappa shape index (κ2) is 30.3. The highest BCUT2D eigenvalue weighted by Crippen LogP contribution is 2.12. The van der Waals surface area contributed by atoms with Crippen LogP contribution in [0.5, 0.6) is 0 Å². The first-order valence-corrected chi connectivity index (χ1v) is 16.3. The molecule has 1 unspecified atom stereocenters.